The molecule has 0 unspecified atom stereocenters. The van der Waals surface area contributed by atoms with E-state index in [0.717, 1.165) is 5.75 Å². The molecule has 0 aliphatic heterocycles. The number of halogens is 1. The summed E-state index contributed by atoms with van der Waals surface area (Å²) in [4.78, 5) is 12.0. The first-order chi connectivity index (χ1) is 11.6. The van der Waals surface area contributed by atoms with Crippen LogP contribution in [0.3, 0.4) is 0 Å². The number of hydrogen-bond donors (Lipinski definition) is 2. The van der Waals surface area contributed by atoms with Gasteiger partial charge in [0.05, 0.1) is 0 Å². The molecule has 0 bridgehead atoms. The molecule has 0 aliphatic carbocycles. The molecule has 0 aliphatic rings. The van der Waals surface area contributed by atoms with Gasteiger partial charge < -0.3 is 20.5 Å². The zero-order valence-electron chi connectivity index (χ0n) is 14.5. The van der Waals surface area contributed by atoms with Crippen molar-refractivity contribution in [2.75, 3.05) is 25.1 Å². The Balaban J connectivity index is 0.00000312. The van der Waals surface area contributed by atoms with E-state index in [4.69, 9.17) is 15.2 Å². The van der Waals surface area contributed by atoms with Crippen LogP contribution >= 0.6 is 12.4 Å². The Labute approximate surface area is 154 Å². The molecule has 2 aromatic rings. The zero-order valence-corrected chi connectivity index (χ0v) is 15.3. The molecule has 3 N–H and O–H groups in total. The van der Waals surface area contributed by atoms with Crippen molar-refractivity contribution in [1.29, 1.82) is 0 Å². The highest BCUT2D eigenvalue weighted by molar-refractivity contribution is 5.91. The number of amides is 1. The van der Waals surface area contributed by atoms with E-state index in [1.807, 2.05) is 24.3 Å². The normalized spacial score (nSPS) is 10.1. The summed E-state index contributed by atoms with van der Waals surface area (Å²) in [5.74, 6) is 1.63. The van der Waals surface area contributed by atoms with Crippen LogP contribution < -0.4 is 20.5 Å². The Morgan fingerprint density at radius 1 is 1.08 bits per heavy atom. The van der Waals surface area contributed by atoms with E-state index in [2.05, 4.69) is 19.2 Å². The molecule has 5 nitrogen and oxygen atoms in total. The minimum Gasteiger partial charge on any atom is -0.492 e. The van der Waals surface area contributed by atoms with Gasteiger partial charge in [0.25, 0.3) is 5.91 Å². The number of hydrogen-bond acceptors (Lipinski definition) is 4. The predicted octanol–water partition coefficient (Wildman–Crippen LogP) is 3.59. The molecule has 25 heavy (non-hydrogen) atoms. The standard InChI is InChI=1S/C19H24N2O3.ClH/c1-14(2)15-4-3-5-18(12-15)24-13-19(22)21-16-6-8-17(9-7-16)23-11-10-20;/h3-9,12,14H,10-11,13,20H2,1-2H3,(H,21,22);1H. The van der Waals surface area contributed by atoms with Crippen molar-refractivity contribution in [3.63, 3.8) is 0 Å². The largest absolute Gasteiger partial charge is 0.492 e. The molecule has 0 atom stereocenters. The van der Waals surface area contributed by atoms with Crippen LogP contribution in [-0.2, 0) is 4.79 Å². The van der Waals surface area contributed by atoms with Gasteiger partial charge in [0.15, 0.2) is 6.61 Å². The molecule has 136 valence electrons. The number of nitrogens with two attached hydrogens (primary N) is 1. The van der Waals surface area contributed by atoms with E-state index in [9.17, 15) is 4.79 Å². The summed E-state index contributed by atoms with van der Waals surface area (Å²) in [6.07, 6.45) is 0. The number of carbonyl (C=O) groups is 1. The Morgan fingerprint density at radius 3 is 2.44 bits per heavy atom. The van der Waals surface area contributed by atoms with Crippen molar-refractivity contribution < 1.29 is 14.3 Å². The molecule has 6 heteroatoms. The number of rotatable bonds is 8. The summed E-state index contributed by atoms with van der Waals surface area (Å²) in [6, 6.07) is 14.9. The van der Waals surface area contributed by atoms with E-state index in [0.29, 0.717) is 30.5 Å². The number of benzene rings is 2. The van der Waals surface area contributed by atoms with Crippen molar-refractivity contribution in [2.45, 2.75) is 19.8 Å². The fourth-order valence-corrected chi connectivity index (χ4v) is 2.12. The Kier molecular flexibility index (Phi) is 8.81. The SMILES string of the molecule is CC(C)c1cccc(OCC(=O)Nc2ccc(OCCN)cc2)c1.Cl. The van der Waals surface area contributed by atoms with Gasteiger partial charge in [-0.05, 0) is 47.9 Å². The summed E-state index contributed by atoms with van der Waals surface area (Å²) in [6.45, 7) is 5.13. The number of anilines is 1. The zero-order chi connectivity index (χ0) is 17.4. The fourth-order valence-electron chi connectivity index (χ4n) is 2.12. The van der Waals surface area contributed by atoms with Crippen LogP contribution in [0.4, 0.5) is 5.69 Å². The van der Waals surface area contributed by atoms with Gasteiger partial charge in [-0.1, -0.05) is 26.0 Å². The number of nitrogens with one attached hydrogen (secondary N) is 1. The molecule has 1 amide bonds. The van der Waals surface area contributed by atoms with Crippen LogP contribution in [-0.4, -0.2) is 25.7 Å². The van der Waals surface area contributed by atoms with Crippen molar-refractivity contribution in [3.05, 3.63) is 54.1 Å². The van der Waals surface area contributed by atoms with Crippen LogP contribution in [0, 0.1) is 0 Å². The quantitative estimate of drug-likeness (QED) is 0.750. The number of carbonyl (C=O) groups excluding carboxylic acids is 1. The summed E-state index contributed by atoms with van der Waals surface area (Å²) in [5, 5.41) is 2.79. The lowest BCUT2D eigenvalue weighted by atomic mass is 10.0. The van der Waals surface area contributed by atoms with Crippen LogP contribution in [0.1, 0.15) is 25.3 Å². The van der Waals surface area contributed by atoms with E-state index in [-0.39, 0.29) is 24.9 Å². The van der Waals surface area contributed by atoms with E-state index in [1.165, 1.54) is 5.56 Å². The molecule has 0 spiro atoms. The third kappa shape index (κ3) is 7.03. The highest BCUT2D eigenvalue weighted by Crippen LogP contribution is 2.20. The maximum atomic E-state index is 12.0. The van der Waals surface area contributed by atoms with Gasteiger partial charge in [0.2, 0.25) is 0 Å². The molecule has 2 aromatic carbocycles. The summed E-state index contributed by atoms with van der Waals surface area (Å²) in [7, 11) is 0. The highest BCUT2D eigenvalue weighted by Gasteiger charge is 2.06. The smallest absolute Gasteiger partial charge is 0.262 e. The van der Waals surface area contributed by atoms with Gasteiger partial charge in [0, 0.05) is 12.2 Å². The average Bonchev–Trinajstić information content (AvgIpc) is 2.59. The lowest BCUT2D eigenvalue weighted by molar-refractivity contribution is -0.118. The molecule has 0 heterocycles. The van der Waals surface area contributed by atoms with Crippen LogP contribution in [0.2, 0.25) is 0 Å². The minimum absolute atomic E-state index is 0. The molecular formula is C19H25ClN2O3. The van der Waals surface area contributed by atoms with Gasteiger partial charge in [-0.25, -0.2) is 0 Å². The summed E-state index contributed by atoms with van der Waals surface area (Å²) >= 11 is 0. The van der Waals surface area contributed by atoms with Gasteiger partial charge in [-0.15, -0.1) is 12.4 Å². The van der Waals surface area contributed by atoms with Crippen molar-refractivity contribution >= 4 is 24.0 Å². The highest BCUT2D eigenvalue weighted by atomic mass is 35.5. The minimum atomic E-state index is -0.208. The molecule has 0 saturated carbocycles. The average molecular weight is 365 g/mol. The van der Waals surface area contributed by atoms with E-state index < -0.39 is 0 Å². The third-order valence-electron chi connectivity index (χ3n) is 3.42. The topological polar surface area (TPSA) is 73.6 Å². The third-order valence-corrected chi connectivity index (χ3v) is 3.42. The lowest BCUT2D eigenvalue weighted by Gasteiger charge is -2.11. The fraction of sp³-hybridized carbons (Fsp3) is 0.316. The van der Waals surface area contributed by atoms with Gasteiger partial charge >= 0.3 is 0 Å². The molecule has 0 radical (unpaired) electrons. The first kappa shape index (κ1) is 20.8. The van der Waals surface area contributed by atoms with Gasteiger partial charge in [-0.2, -0.15) is 0 Å². The predicted molar refractivity (Wildman–Crippen MR) is 103 cm³/mol. The Hall–Kier alpha value is -2.24. The second-order valence-electron chi connectivity index (χ2n) is 5.73. The summed E-state index contributed by atoms with van der Waals surface area (Å²) < 4.78 is 10.9. The number of ether oxygens (including phenoxy) is 2. The first-order valence-corrected chi connectivity index (χ1v) is 8.04. The molecule has 0 aromatic heterocycles. The second-order valence-corrected chi connectivity index (χ2v) is 5.73. The molecule has 2 rings (SSSR count). The van der Waals surface area contributed by atoms with E-state index in [1.54, 1.807) is 24.3 Å². The van der Waals surface area contributed by atoms with Crippen molar-refractivity contribution in [3.8, 4) is 11.5 Å². The van der Waals surface area contributed by atoms with Crippen LogP contribution in [0.15, 0.2) is 48.5 Å². The van der Waals surface area contributed by atoms with Crippen molar-refractivity contribution in [1.82, 2.24) is 0 Å². The van der Waals surface area contributed by atoms with E-state index >= 15 is 0 Å². The molecule has 0 saturated heterocycles. The molecule has 0 fully saturated rings. The van der Waals surface area contributed by atoms with Crippen molar-refractivity contribution in [2.24, 2.45) is 5.73 Å². The maximum Gasteiger partial charge on any atom is 0.262 e. The van der Waals surface area contributed by atoms with Crippen LogP contribution in [0.5, 0.6) is 11.5 Å². The Bertz CT molecular complexity index is 660. The summed E-state index contributed by atoms with van der Waals surface area (Å²) in [5.41, 5.74) is 7.26. The van der Waals surface area contributed by atoms with Crippen LogP contribution in [0.25, 0.3) is 0 Å². The second kappa shape index (κ2) is 10.6. The monoisotopic (exact) mass is 364 g/mol. The van der Waals surface area contributed by atoms with Gasteiger partial charge in [0.1, 0.15) is 18.1 Å². The molecular weight excluding hydrogens is 340 g/mol. The first-order valence-electron chi connectivity index (χ1n) is 8.04. The van der Waals surface area contributed by atoms with Gasteiger partial charge in [-0.3, -0.25) is 4.79 Å². The lowest BCUT2D eigenvalue weighted by Crippen LogP contribution is -2.20. The Morgan fingerprint density at radius 2 is 1.80 bits per heavy atom. The maximum absolute atomic E-state index is 12.0.